The van der Waals surface area contributed by atoms with Gasteiger partial charge in [-0.3, -0.25) is 0 Å². The second-order valence-electron chi connectivity index (χ2n) is 4.75. The van der Waals surface area contributed by atoms with Crippen LogP contribution >= 0.6 is 0 Å². The van der Waals surface area contributed by atoms with E-state index in [-0.39, 0.29) is 12.8 Å². The molecule has 118 valence electrons. The average molecular weight is 307 g/mol. The van der Waals surface area contributed by atoms with Crippen molar-refractivity contribution in [1.29, 1.82) is 0 Å². The highest BCUT2D eigenvalue weighted by atomic mass is 19.4. The number of rotatable bonds is 4. The van der Waals surface area contributed by atoms with Gasteiger partial charge in [-0.15, -0.1) is 0 Å². The van der Waals surface area contributed by atoms with Crippen molar-refractivity contribution in [1.82, 2.24) is 0 Å². The summed E-state index contributed by atoms with van der Waals surface area (Å²) in [7, 11) is 0. The van der Waals surface area contributed by atoms with Crippen molar-refractivity contribution in [3.8, 4) is 0 Å². The number of carboxylic acid groups (broad SMARTS) is 1. The summed E-state index contributed by atoms with van der Waals surface area (Å²) in [6.07, 6.45) is -13.6. The molecule has 0 bridgehead atoms. The quantitative estimate of drug-likeness (QED) is 0.749. The largest absolute Gasteiger partial charge is 0.550 e. The minimum absolute atomic E-state index is 0.0426. The van der Waals surface area contributed by atoms with E-state index < -0.39 is 36.4 Å². The van der Waals surface area contributed by atoms with E-state index in [2.05, 4.69) is 4.74 Å². The van der Waals surface area contributed by atoms with Gasteiger partial charge in [-0.2, -0.15) is 26.3 Å². The van der Waals surface area contributed by atoms with Crippen LogP contribution < -0.4 is 5.11 Å². The zero-order valence-corrected chi connectivity index (χ0v) is 10.3. The maximum atomic E-state index is 12.9. The van der Waals surface area contributed by atoms with E-state index in [1.54, 1.807) is 0 Å². The summed E-state index contributed by atoms with van der Waals surface area (Å²) in [5, 5.41) is 10.4. The van der Waals surface area contributed by atoms with Crippen molar-refractivity contribution in [2.45, 2.75) is 62.6 Å². The molecule has 0 amide bonds. The minimum atomic E-state index is -5.89. The molecule has 0 aromatic rings. The Morgan fingerprint density at radius 2 is 1.45 bits per heavy atom. The van der Waals surface area contributed by atoms with E-state index in [0.717, 1.165) is 0 Å². The summed E-state index contributed by atoms with van der Waals surface area (Å²) >= 11 is 0. The lowest BCUT2D eigenvalue weighted by atomic mass is 9.93. The fourth-order valence-corrected chi connectivity index (χ4v) is 2.21. The highest BCUT2D eigenvalue weighted by Gasteiger charge is 2.72. The first-order chi connectivity index (χ1) is 8.99. The molecule has 0 heterocycles. The maximum absolute atomic E-state index is 12.9. The van der Waals surface area contributed by atoms with Gasteiger partial charge in [-0.25, -0.2) is 0 Å². The molecule has 1 fully saturated rings. The lowest BCUT2D eigenvalue weighted by Gasteiger charge is -2.40. The maximum Gasteiger partial charge on any atom is 0.426 e. The SMILES string of the molecule is O=C([O-])CC(OC1CCCCC1)(C(F)(F)F)C(F)(F)F. The number of hydrogen-bond acceptors (Lipinski definition) is 3. The Labute approximate surface area is 110 Å². The molecule has 1 aliphatic rings. The number of carbonyl (C=O) groups is 1. The van der Waals surface area contributed by atoms with Crippen LogP contribution in [0, 0.1) is 0 Å². The third kappa shape index (κ3) is 3.56. The van der Waals surface area contributed by atoms with Crippen LogP contribution in [0.2, 0.25) is 0 Å². The zero-order valence-electron chi connectivity index (χ0n) is 10.3. The molecule has 3 nitrogen and oxygen atoms in total. The number of carboxylic acids is 1. The molecule has 0 aromatic heterocycles. The first-order valence-corrected chi connectivity index (χ1v) is 6.01. The Balaban J connectivity index is 3.11. The zero-order chi connectivity index (χ0) is 15.6. The molecule has 0 aromatic carbocycles. The van der Waals surface area contributed by atoms with Crippen LogP contribution in [0.1, 0.15) is 38.5 Å². The number of carbonyl (C=O) groups excluding carboxylic acids is 1. The van der Waals surface area contributed by atoms with E-state index in [1.807, 2.05) is 0 Å². The molecule has 0 saturated heterocycles. The van der Waals surface area contributed by atoms with Crippen LogP contribution in [-0.4, -0.2) is 30.0 Å². The highest BCUT2D eigenvalue weighted by molar-refractivity contribution is 5.66. The predicted octanol–water partition coefficient (Wildman–Crippen LogP) is 2.34. The lowest BCUT2D eigenvalue weighted by Crippen LogP contribution is -2.62. The van der Waals surface area contributed by atoms with E-state index in [4.69, 9.17) is 0 Å². The predicted molar refractivity (Wildman–Crippen MR) is 52.4 cm³/mol. The van der Waals surface area contributed by atoms with Crippen molar-refractivity contribution in [2.75, 3.05) is 0 Å². The first kappa shape index (κ1) is 17.1. The van der Waals surface area contributed by atoms with E-state index >= 15 is 0 Å². The summed E-state index contributed by atoms with van der Waals surface area (Å²) in [5.41, 5.74) is -4.71. The van der Waals surface area contributed by atoms with Gasteiger partial charge in [0.1, 0.15) is 0 Å². The Bertz CT molecular complexity index is 329. The van der Waals surface area contributed by atoms with Crippen LogP contribution in [0.15, 0.2) is 0 Å². The number of alkyl halides is 6. The molecule has 0 aliphatic heterocycles. The number of ether oxygens (including phenoxy) is 1. The molecule has 0 radical (unpaired) electrons. The van der Waals surface area contributed by atoms with Crippen LogP contribution in [0.5, 0.6) is 0 Å². The van der Waals surface area contributed by atoms with Crippen LogP contribution in [0.4, 0.5) is 26.3 Å². The van der Waals surface area contributed by atoms with E-state index in [9.17, 15) is 36.2 Å². The monoisotopic (exact) mass is 307 g/mol. The summed E-state index contributed by atoms with van der Waals surface area (Å²) < 4.78 is 81.4. The lowest BCUT2D eigenvalue weighted by molar-refractivity contribution is -0.400. The smallest absolute Gasteiger partial charge is 0.426 e. The fraction of sp³-hybridized carbons (Fsp3) is 0.909. The van der Waals surface area contributed by atoms with Gasteiger partial charge < -0.3 is 14.6 Å². The van der Waals surface area contributed by atoms with Crippen molar-refractivity contribution in [3.05, 3.63) is 0 Å². The van der Waals surface area contributed by atoms with Gasteiger partial charge in [0.05, 0.1) is 6.10 Å². The van der Waals surface area contributed by atoms with Gasteiger partial charge in [-0.1, -0.05) is 19.3 Å². The summed E-state index contributed by atoms with van der Waals surface area (Å²) in [4.78, 5) is 10.4. The summed E-state index contributed by atoms with van der Waals surface area (Å²) in [5.74, 6) is -2.46. The Kier molecular flexibility index (Phi) is 4.94. The fourth-order valence-electron chi connectivity index (χ4n) is 2.21. The normalized spacial score (nSPS) is 19.1. The molecule has 9 heteroatoms. The summed E-state index contributed by atoms with van der Waals surface area (Å²) in [6.45, 7) is 0. The average Bonchev–Trinajstić information content (AvgIpc) is 2.25. The van der Waals surface area contributed by atoms with Crippen LogP contribution in [0.3, 0.4) is 0 Å². The molecule has 1 rings (SSSR count). The van der Waals surface area contributed by atoms with Gasteiger partial charge in [0.2, 0.25) is 0 Å². The molecule has 0 spiro atoms. The first-order valence-electron chi connectivity index (χ1n) is 6.01. The molecule has 0 N–H and O–H groups in total. The van der Waals surface area contributed by atoms with E-state index in [0.29, 0.717) is 19.3 Å². The Morgan fingerprint density at radius 3 is 1.80 bits per heavy atom. The van der Waals surface area contributed by atoms with Gasteiger partial charge in [0.15, 0.2) is 0 Å². The van der Waals surface area contributed by atoms with Gasteiger partial charge in [0.25, 0.3) is 5.60 Å². The minimum Gasteiger partial charge on any atom is -0.550 e. The molecular formula is C11H13F6O3-. The number of hydrogen-bond donors (Lipinski definition) is 0. The Morgan fingerprint density at radius 1 is 1.00 bits per heavy atom. The molecular weight excluding hydrogens is 294 g/mol. The van der Waals surface area contributed by atoms with Gasteiger partial charge in [0, 0.05) is 12.4 Å². The van der Waals surface area contributed by atoms with E-state index in [1.165, 1.54) is 0 Å². The second kappa shape index (κ2) is 5.79. The Hall–Kier alpha value is -0.990. The van der Waals surface area contributed by atoms with Crippen LogP contribution in [-0.2, 0) is 9.53 Å². The molecule has 0 unspecified atom stereocenters. The number of halogens is 6. The summed E-state index contributed by atoms with van der Waals surface area (Å²) in [6, 6.07) is 0. The van der Waals surface area contributed by atoms with Gasteiger partial charge in [-0.05, 0) is 12.8 Å². The van der Waals surface area contributed by atoms with Crippen molar-refractivity contribution in [2.24, 2.45) is 0 Å². The van der Waals surface area contributed by atoms with Crippen molar-refractivity contribution < 1.29 is 41.0 Å². The third-order valence-electron chi connectivity index (χ3n) is 3.23. The molecule has 1 saturated carbocycles. The van der Waals surface area contributed by atoms with Crippen molar-refractivity contribution in [3.63, 3.8) is 0 Å². The van der Waals surface area contributed by atoms with Crippen LogP contribution in [0.25, 0.3) is 0 Å². The highest BCUT2D eigenvalue weighted by Crippen LogP contribution is 2.49. The topological polar surface area (TPSA) is 49.4 Å². The molecule has 20 heavy (non-hydrogen) atoms. The van der Waals surface area contributed by atoms with Crippen molar-refractivity contribution >= 4 is 5.97 Å². The van der Waals surface area contributed by atoms with Gasteiger partial charge >= 0.3 is 12.4 Å². The molecule has 1 aliphatic carbocycles. The third-order valence-corrected chi connectivity index (χ3v) is 3.23. The number of aliphatic carboxylic acids is 1. The standard InChI is InChI=1S/C11H14F6O3/c12-10(13,14)9(6-8(18)19,11(15,16)17)20-7-4-2-1-3-5-7/h7H,1-6H2,(H,18,19)/p-1. The second-order valence-corrected chi connectivity index (χ2v) is 4.75. The molecule has 0 atom stereocenters.